The van der Waals surface area contributed by atoms with E-state index in [-0.39, 0.29) is 24.3 Å². The van der Waals surface area contributed by atoms with E-state index in [1.54, 1.807) is 24.3 Å². The molecule has 0 bridgehead atoms. The van der Waals surface area contributed by atoms with Crippen molar-refractivity contribution in [3.05, 3.63) is 41.0 Å². The highest BCUT2D eigenvalue weighted by Gasteiger charge is 2.56. The molecule has 4 rings (SSSR count). The highest BCUT2D eigenvalue weighted by atomic mass is 32.2. The number of aromatic nitrogens is 1. The first kappa shape index (κ1) is 19.6. The molecule has 1 aromatic carbocycles. The van der Waals surface area contributed by atoms with Crippen molar-refractivity contribution in [3.63, 3.8) is 0 Å². The molecule has 7 nitrogen and oxygen atoms in total. The van der Waals surface area contributed by atoms with Gasteiger partial charge >= 0.3 is 16.2 Å². The molecule has 1 N–H and O–H groups in total. The zero-order chi connectivity index (χ0) is 21.1. The first-order valence-electron chi connectivity index (χ1n) is 8.91. The van der Waals surface area contributed by atoms with E-state index in [0.29, 0.717) is 22.4 Å². The summed E-state index contributed by atoms with van der Waals surface area (Å²) in [5.41, 5.74) is 2.77. The van der Waals surface area contributed by atoms with E-state index in [1.165, 1.54) is 14.2 Å². The Morgan fingerprint density at radius 2 is 2.07 bits per heavy atom. The average Bonchev–Trinajstić information content (AvgIpc) is 3.19. The monoisotopic (exact) mass is 423 g/mol. The predicted octanol–water partition coefficient (Wildman–Crippen LogP) is 3.15. The van der Waals surface area contributed by atoms with Crippen LogP contribution in [0.5, 0.6) is 0 Å². The third-order valence-corrected chi connectivity index (χ3v) is 6.68. The van der Waals surface area contributed by atoms with Crippen molar-refractivity contribution in [1.82, 2.24) is 4.98 Å². The minimum Gasteiger partial charge on any atom is -0.465 e. The van der Waals surface area contributed by atoms with Gasteiger partial charge in [0, 0.05) is 24.9 Å². The van der Waals surface area contributed by atoms with Crippen molar-refractivity contribution in [2.45, 2.75) is 25.7 Å². The molecule has 0 amide bonds. The Kier molecular flexibility index (Phi) is 4.30. The Bertz CT molecular complexity index is 1130. The summed E-state index contributed by atoms with van der Waals surface area (Å²) in [7, 11) is -1.21. The zero-order valence-electron chi connectivity index (χ0n) is 16.0. The van der Waals surface area contributed by atoms with Crippen LogP contribution >= 0.6 is 0 Å². The molecule has 2 heterocycles. The lowest BCUT2D eigenvalue weighted by atomic mass is 9.98. The highest BCUT2D eigenvalue weighted by Crippen LogP contribution is 2.52. The van der Waals surface area contributed by atoms with Crippen LogP contribution in [-0.2, 0) is 21.4 Å². The number of halogens is 2. The van der Waals surface area contributed by atoms with Gasteiger partial charge < -0.3 is 4.74 Å². The van der Waals surface area contributed by atoms with Gasteiger partial charge in [-0.25, -0.2) is 22.9 Å². The summed E-state index contributed by atoms with van der Waals surface area (Å²) in [5.74, 6) is -3.95. The molecule has 1 fully saturated rings. The molecule has 1 aromatic heterocycles. The third kappa shape index (κ3) is 3.31. The van der Waals surface area contributed by atoms with Crippen LogP contribution in [0.25, 0.3) is 11.3 Å². The van der Waals surface area contributed by atoms with Crippen LogP contribution in [0.4, 0.5) is 20.3 Å². The molecule has 0 radical (unpaired) electrons. The van der Waals surface area contributed by atoms with E-state index in [1.807, 2.05) is 6.92 Å². The van der Waals surface area contributed by atoms with Gasteiger partial charge in [-0.15, -0.1) is 0 Å². The van der Waals surface area contributed by atoms with Crippen LogP contribution in [0.15, 0.2) is 24.3 Å². The van der Waals surface area contributed by atoms with E-state index in [2.05, 4.69) is 9.71 Å². The van der Waals surface area contributed by atoms with Crippen molar-refractivity contribution in [3.8, 4) is 11.3 Å². The van der Waals surface area contributed by atoms with Gasteiger partial charge in [0.25, 0.3) is 5.92 Å². The Hall–Kier alpha value is -2.75. The van der Waals surface area contributed by atoms with Crippen LogP contribution in [-0.4, -0.2) is 39.5 Å². The number of ether oxygens (including phenoxy) is 1. The molecular weight excluding hydrogens is 404 g/mol. The number of rotatable bonds is 4. The lowest BCUT2D eigenvalue weighted by molar-refractivity contribution is 0.0600. The van der Waals surface area contributed by atoms with E-state index in [0.717, 1.165) is 9.87 Å². The summed E-state index contributed by atoms with van der Waals surface area (Å²) in [5, 5.41) is 0. The number of alkyl halides is 2. The molecule has 1 unspecified atom stereocenters. The molecular formula is C19H19F2N3O4S. The molecule has 2 aliphatic rings. The second-order valence-corrected chi connectivity index (χ2v) is 9.03. The van der Waals surface area contributed by atoms with Crippen LogP contribution < -0.4 is 9.03 Å². The molecule has 2 aromatic rings. The standard InChI is InChI=1S/C19H19F2N3O4S/c1-10-4-5-11(18(25)28-3)7-14(10)15-8-12(6-13-9-19(13,20)21)16-17(22-15)24(2)29(26,27)23-16/h4-5,7-8,13,23H,6,9H2,1-3H3. The second-order valence-electron chi connectivity index (χ2n) is 7.33. The third-order valence-electron chi connectivity index (χ3n) is 5.33. The molecule has 1 saturated carbocycles. The van der Waals surface area contributed by atoms with Crippen molar-refractivity contribution < 1.29 is 26.7 Å². The zero-order valence-corrected chi connectivity index (χ0v) is 16.8. The van der Waals surface area contributed by atoms with Crippen LogP contribution in [0.3, 0.4) is 0 Å². The predicted molar refractivity (Wildman–Crippen MR) is 103 cm³/mol. The largest absolute Gasteiger partial charge is 0.465 e. The topological polar surface area (TPSA) is 88.6 Å². The number of pyridine rings is 1. The molecule has 0 spiro atoms. The average molecular weight is 423 g/mol. The number of carbonyl (C=O) groups excluding carboxylic acids is 1. The molecule has 154 valence electrons. The number of benzene rings is 1. The number of anilines is 2. The number of fused-ring (bicyclic) bond motifs is 1. The fourth-order valence-electron chi connectivity index (χ4n) is 3.43. The van der Waals surface area contributed by atoms with Gasteiger partial charge in [0.05, 0.1) is 24.1 Å². The Balaban J connectivity index is 1.86. The Morgan fingerprint density at radius 3 is 2.69 bits per heavy atom. The molecule has 1 aliphatic carbocycles. The minimum atomic E-state index is -3.83. The number of nitrogens with zero attached hydrogens (tertiary/aromatic N) is 2. The molecule has 10 heteroatoms. The lowest BCUT2D eigenvalue weighted by Crippen LogP contribution is -2.25. The van der Waals surface area contributed by atoms with Crippen LogP contribution in [0, 0.1) is 12.8 Å². The van der Waals surface area contributed by atoms with Crippen molar-refractivity contribution in [2.24, 2.45) is 5.92 Å². The SMILES string of the molecule is COC(=O)c1ccc(C)c(-c2cc(CC3CC3(F)F)c3c(n2)N(C)S(=O)(=O)N3)c1. The Morgan fingerprint density at radius 1 is 1.38 bits per heavy atom. The quantitative estimate of drug-likeness (QED) is 0.764. The molecule has 29 heavy (non-hydrogen) atoms. The highest BCUT2D eigenvalue weighted by molar-refractivity contribution is 7.94. The number of hydrogen-bond donors (Lipinski definition) is 1. The van der Waals surface area contributed by atoms with E-state index >= 15 is 0 Å². The van der Waals surface area contributed by atoms with E-state index < -0.39 is 28.0 Å². The summed E-state index contributed by atoms with van der Waals surface area (Å²) in [6.07, 6.45) is -0.199. The van der Waals surface area contributed by atoms with Gasteiger partial charge in [-0.1, -0.05) is 6.07 Å². The molecule has 1 atom stereocenters. The maximum Gasteiger partial charge on any atom is 0.337 e. The minimum absolute atomic E-state index is 0.0248. The number of nitrogens with one attached hydrogen (secondary N) is 1. The summed E-state index contributed by atoms with van der Waals surface area (Å²) in [6.45, 7) is 1.82. The first-order chi connectivity index (χ1) is 13.5. The van der Waals surface area contributed by atoms with Crippen LogP contribution in [0.2, 0.25) is 0 Å². The number of esters is 1. The van der Waals surface area contributed by atoms with Gasteiger partial charge in [0.2, 0.25) is 0 Å². The lowest BCUT2D eigenvalue weighted by Gasteiger charge is -2.14. The smallest absolute Gasteiger partial charge is 0.337 e. The number of aryl methyl sites for hydroxylation is 1. The van der Waals surface area contributed by atoms with Crippen molar-refractivity contribution in [2.75, 3.05) is 23.2 Å². The van der Waals surface area contributed by atoms with Crippen molar-refractivity contribution in [1.29, 1.82) is 0 Å². The fraction of sp³-hybridized carbons (Fsp3) is 0.368. The van der Waals surface area contributed by atoms with E-state index in [9.17, 15) is 22.0 Å². The van der Waals surface area contributed by atoms with Crippen LogP contribution in [0.1, 0.15) is 27.9 Å². The first-order valence-corrected chi connectivity index (χ1v) is 10.4. The number of carbonyl (C=O) groups is 1. The fourth-order valence-corrected chi connectivity index (χ4v) is 4.41. The number of methoxy groups -OCH3 is 1. The van der Waals surface area contributed by atoms with Gasteiger partial charge in [-0.3, -0.25) is 4.72 Å². The summed E-state index contributed by atoms with van der Waals surface area (Å²) in [4.78, 5) is 16.4. The van der Waals surface area contributed by atoms with Gasteiger partial charge in [-0.2, -0.15) is 8.42 Å². The normalized spacial score (nSPS) is 20.7. The van der Waals surface area contributed by atoms with Gasteiger partial charge in [0.15, 0.2) is 5.82 Å². The number of hydrogen-bond acceptors (Lipinski definition) is 5. The summed E-state index contributed by atoms with van der Waals surface area (Å²) >= 11 is 0. The van der Waals surface area contributed by atoms with Gasteiger partial charge in [0.1, 0.15) is 0 Å². The van der Waals surface area contributed by atoms with Gasteiger partial charge in [-0.05, 0) is 42.7 Å². The molecule has 1 aliphatic heterocycles. The second kappa shape index (κ2) is 6.38. The maximum absolute atomic E-state index is 13.5. The summed E-state index contributed by atoms with van der Waals surface area (Å²) in [6, 6.07) is 6.55. The Labute approximate surface area is 166 Å². The van der Waals surface area contributed by atoms with E-state index in [4.69, 9.17) is 4.74 Å². The molecule has 0 saturated heterocycles. The summed E-state index contributed by atoms with van der Waals surface area (Å²) < 4.78 is 59.7. The maximum atomic E-state index is 13.5. The van der Waals surface area contributed by atoms with Crippen molar-refractivity contribution >= 4 is 27.7 Å².